The van der Waals surface area contributed by atoms with E-state index in [-0.39, 0.29) is 0 Å². The lowest BCUT2D eigenvalue weighted by Gasteiger charge is -2.09. The number of furan rings is 1. The Balaban J connectivity index is 1.75. The number of benzene rings is 2. The number of thioether (sulfide) groups is 1. The zero-order chi connectivity index (χ0) is 13.1. The first-order chi connectivity index (χ1) is 9.34. The van der Waals surface area contributed by atoms with Crippen LogP contribution in [0, 0.1) is 0 Å². The van der Waals surface area contributed by atoms with Crippen LogP contribution in [0.1, 0.15) is 23.3 Å². The van der Waals surface area contributed by atoms with Gasteiger partial charge in [0.15, 0.2) is 0 Å². The highest BCUT2D eigenvalue weighted by Gasteiger charge is 2.12. The zero-order valence-corrected chi connectivity index (χ0v) is 11.7. The molecule has 3 rings (SSSR count). The zero-order valence-electron chi connectivity index (χ0n) is 10.9. The molecule has 0 amide bonds. The van der Waals surface area contributed by atoms with E-state index in [9.17, 15) is 0 Å². The molecule has 1 unspecified atom stereocenters. The summed E-state index contributed by atoms with van der Waals surface area (Å²) in [6.45, 7) is 2.24. The van der Waals surface area contributed by atoms with E-state index in [0.29, 0.717) is 5.25 Å². The molecule has 96 valence electrons. The Kier molecular flexibility index (Phi) is 3.60. The lowest BCUT2D eigenvalue weighted by molar-refractivity contribution is 0.610. The lowest BCUT2D eigenvalue weighted by atomic mass is 10.1. The van der Waals surface area contributed by atoms with Gasteiger partial charge in [-0.05, 0) is 18.6 Å². The minimum absolute atomic E-state index is 0.434. The third kappa shape index (κ3) is 2.69. The molecule has 0 fully saturated rings. The average molecular weight is 268 g/mol. The molecule has 1 aromatic heterocycles. The molecule has 0 aliphatic heterocycles. The molecule has 0 radical (unpaired) electrons. The third-order valence-corrected chi connectivity index (χ3v) is 4.55. The maximum Gasteiger partial charge on any atom is 0.134 e. The van der Waals surface area contributed by atoms with Crippen molar-refractivity contribution in [1.82, 2.24) is 0 Å². The summed E-state index contributed by atoms with van der Waals surface area (Å²) in [5, 5.41) is 1.67. The van der Waals surface area contributed by atoms with Gasteiger partial charge in [0, 0.05) is 22.0 Å². The van der Waals surface area contributed by atoms with Gasteiger partial charge in [-0.1, -0.05) is 48.5 Å². The van der Waals surface area contributed by atoms with Gasteiger partial charge in [0.05, 0.1) is 6.26 Å². The quantitative estimate of drug-likeness (QED) is 0.626. The van der Waals surface area contributed by atoms with Crippen LogP contribution in [-0.2, 0) is 5.75 Å². The summed E-state index contributed by atoms with van der Waals surface area (Å²) in [6, 6.07) is 18.8. The molecular formula is C17H16OS. The van der Waals surface area contributed by atoms with Crippen LogP contribution in [0.15, 0.2) is 65.3 Å². The van der Waals surface area contributed by atoms with Crippen LogP contribution in [0.2, 0.25) is 0 Å². The second kappa shape index (κ2) is 5.54. The number of fused-ring (bicyclic) bond motifs is 1. The Bertz CT molecular complexity index is 657. The first kappa shape index (κ1) is 12.4. The van der Waals surface area contributed by atoms with Crippen LogP contribution in [0.3, 0.4) is 0 Å². The van der Waals surface area contributed by atoms with Crippen molar-refractivity contribution in [1.29, 1.82) is 0 Å². The predicted octanol–water partition coefficient (Wildman–Crippen LogP) is 5.43. The van der Waals surface area contributed by atoms with Gasteiger partial charge in [-0.3, -0.25) is 0 Å². The van der Waals surface area contributed by atoms with Gasteiger partial charge >= 0.3 is 0 Å². The molecule has 1 atom stereocenters. The Morgan fingerprint density at radius 3 is 2.58 bits per heavy atom. The van der Waals surface area contributed by atoms with E-state index in [1.54, 1.807) is 0 Å². The van der Waals surface area contributed by atoms with Crippen molar-refractivity contribution < 1.29 is 4.42 Å². The molecule has 0 saturated heterocycles. The second-order valence-electron chi connectivity index (χ2n) is 4.63. The second-order valence-corrected chi connectivity index (χ2v) is 5.96. The number of hydrogen-bond donors (Lipinski definition) is 0. The SMILES string of the molecule is CC(SCc1ccccc1)c1coc2ccccc12. The summed E-state index contributed by atoms with van der Waals surface area (Å²) in [7, 11) is 0. The number of para-hydroxylation sites is 1. The Labute approximate surface area is 117 Å². The van der Waals surface area contributed by atoms with E-state index in [0.717, 1.165) is 11.3 Å². The van der Waals surface area contributed by atoms with Crippen molar-refractivity contribution in [2.75, 3.05) is 0 Å². The Hall–Kier alpha value is -1.67. The molecule has 1 nitrogen and oxygen atoms in total. The summed E-state index contributed by atoms with van der Waals surface area (Å²) in [5.74, 6) is 1.03. The number of hydrogen-bond acceptors (Lipinski definition) is 2. The van der Waals surface area contributed by atoms with E-state index < -0.39 is 0 Å². The molecule has 0 saturated carbocycles. The minimum atomic E-state index is 0.434. The summed E-state index contributed by atoms with van der Waals surface area (Å²) in [5.41, 5.74) is 3.63. The molecule has 0 aliphatic rings. The van der Waals surface area contributed by atoms with Crippen molar-refractivity contribution in [3.63, 3.8) is 0 Å². The molecule has 2 heteroatoms. The minimum Gasteiger partial charge on any atom is -0.464 e. The Morgan fingerprint density at radius 2 is 1.74 bits per heavy atom. The largest absolute Gasteiger partial charge is 0.464 e. The van der Waals surface area contributed by atoms with Crippen molar-refractivity contribution in [2.45, 2.75) is 17.9 Å². The fraction of sp³-hybridized carbons (Fsp3) is 0.176. The summed E-state index contributed by atoms with van der Waals surface area (Å²) < 4.78 is 5.61. The molecule has 0 aliphatic carbocycles. The Morgan fingerprint density at radius 1 is 1.00 bits per heavy atom. The van der Waals surface area contributed by atoms with E-state index >= 15 is 0 Å². The van der Waals surface area contributed by atoms with Crippen LogP contribution < -0.4 is 0 Å². The van der Waals surface area contributed by atoms with Gasteiger partial charge in [-0.15, -0.1) is 11.8 Å². The van der Waals surface area contributed by atoms with Crippen LogP contribution in [-0.4, -0.2) is 0 Å². The van der Waals surface area contributed by atoms with Crippen LogP contribution in [0.4, 0.5) is 0 Å². The molecule has 1 heterocycles. The van der Waals surface area contributed by atoms with E-state index in [1.807, 2.05) is 30.2 Å². The van der Waals surface area contributed by atoms with E-state index in [2.05, 4.69) is 49.4 Å². The molecule has 0 bridgehead atoms. The first-order valence-corrected chi connectivity index (χ1v) is 7.51. The smallest absolute Gasteiger partial charge is 0.134 e. The standard InChI is InChI=1S/C17H16OS/c1-13(19-12-14-7-3-2-4-8-14)16-11-18-17-10-6-5-9-15(16)17/h2-11,13H,12H2,1H3. The molecule has 19 heavy (non-hydrogen) atoms. The summed E-state index contributed by atoms with van der Waals surface area (Å²) in [6.07, 6.45) is 1.90. The van der Waals surface area contributed by atoms with Crippen LogP contribution in [0.5, 0.6) is 0 Å². The summed E-state index contributed by atoms with van der Waals surface area (Å²) >= 11 is 1.94. The van der Waals surface area contributed by atoms with Gasteiger partial charge in [0.2, 0.25) is 0 Å². The fourth-order valence-electron chi connectivity index (χ4n) is 2.20. The average Bonchev–Trinajstić information content (AvgIpc) is 2.90. The maximum absolute atomic E-state index is 5.61. The van der Waals surface area contributed by atoms with Crippen LogP contribution in [0.25, 0.3) is 11.0 Å². The van der Waals surface area contributed by atoms with Crippen molar-refractivity contribution in [2.24, 2.45) is 0 Å². The van der Waals surface area contributed by atoms with Gasteiger partial charge in [-0.2, -0.15) is 0 Å². The topological polar surface area (TPSA) is 13.1 Å². The van der Waals surface area contributed by atoms with Crippen molar-refractivity contribution in [3.8, 4) is 0 Å². The molecule has 3 aromatic rings. The normalized spacial score (nSPS) is 12.7. The molecule has 2 aromatic carbocycles. The maximum atomic E-state index is 5.61. The fourth-order valence-corrected chi connectivity index (χ4v) is 3.20. The van der Waals surface area contributed by atoms with Crippen molar-refractivity contribution in [3.05, 3.63) is 72.0 Å². The van der Waals surface area contributed by atoms with Crippen molar-refractivity contribution >= 4 is 22.7 Å². The van der Waals surface area contributed by atoms with Crippen LogP contribution >= 0.6 is 11.8 Å². The first-order valence-electron chi connectivity index (χ1n) is 6.46. The summed E-state index contributed by atoms with van der Waals surface area (Å²) in [4.78, 5) is 0. The van der Waals surface area contributed by atoms with Gasteiger partial charge in [0.25, 0.3) is 0 Å². The predicted molar refractivity (Wildman–Crippen MR) is 82.4 cm³/mol. The highest BCUT2D eigenvalue weighted by atomic mass is 32.2. The van der Waals surface area contributed by atoms with Gasteiger partial charge in [0.1, 0.15) is 5.58 Å². The highest BCUT2D eigenvalue weighted by molar-refractivity contribution is 7.98. The molecule has 0 spiro atoms. The molecule has 0 N–H and O–H groups in total. The highest BCUT2D eigenvalue weighted by Crippen LogP contribution is 2.36. The van der Waals surface area contributed by atoms with Gasteiger partial charge in [-0.25, -0.2) is 0 Å². The molecular weight excluding hydrogens is 252 g/mol. The van der Waals surface area contributed by atoms with E-state index in [4.69, 9.17) is 4.42 Å². The lowest BCUT2D eigenvalue weighted by Crippen LogP contribution is -1.88. The monoisotopic (exact) mass is 268 g/mol. The van der Waals surface area contributed by atoms with E-state index in [1.165, 1.54) is 16.5 Å². The van der Waals surface area contributed by atoms with Gasteiger partial charge < -0.3 is 4.42 Å². The third-order valence-electron chi connectivity index (χ3n) is 3.29. The number of rotatable bonds is 4.